The Hall–Kier alpha value is -3.21. The average molecular weight is 363 g/mol. The van der Waals surface area contributed by atoms with Gasteiger partial charge < -0.3 is 18.2 Å². The van der Waals surface area contributed by atoms with Gasteiger partial charge in [-0.1, -0.05) is 0 Å². The van der Waals surface area contributed by atoms with Crippen LogP contribution >= 0.6 is 0 Å². The molecular formula is C22H21NO4. The summed E-state index contributed by atoms with van der Waals surface area (Å²) in [6, 6.07) is 11.4. The summed E-state index contributed by atoms with van der Waals surface area (Å²) in [5.41, 5.74) is 3.89. The molecule has 3 heterocycles. The number of carbonyl (C=O) groups excluding carboxylic acids is 1. The van der Waals surface area contributed by atoms with Gasteiger partial charge in [-0.15, -0.1) is 0 Å². The number of rotatable bonds is 5. The van der Waals surface area contributed by atoms with Gasteiger partial charge in [-0.2, -0.15) is 0 Å². The van der Waals surface area contributed by atoms with E-state index in [-0.39, 0.29) is 5.91 Å². The number of amides is 1. The normalized spacial score (nSPS) is 11.2. The first-order chi connectivity index (χ1) is 13.0. The molecule has 3 aromatic heterocycles. The Morgan fingerprint density at radius 1 is 0.926 bits per heavy atom. The van der Waals surface area contributed by atoms with Gasteiger partial charge >= 0.3 is 0 Å². The second kappa shape index (κ2) is 6.83. The number of hydrogen-bond donors (Lipinski definition) is 0. The first kappa shape index (κ1) is 17.2. The van der Waals surface area contributed by atoms with Crippen LogP contribution in [0.25, 0.3) is 11.0 Å². The third-order valence-corrected chi connectivity index (χ3v) is 4.89. The van der Waals surface area contributed by atoms with Crippen LogP contribution < -0.4 is 0 Å². The van der Waals surface area contributed by atoms with E-state index in [0.717, 1.165) is 22.1 Å². The third-order valence-electron chi connectivity index (χ3n) is 4.89. The Bertz CT molecular complexity index is 1040. The third kappa shape index (κ3) is 3.28. The van der Waals surface area contributed by atoms with Crippen LogP contribution in [0.3, 0.4) is 0 Å². The van der Waals surface area contributed by atoms with Crippen molar-refractivity contribution in [3.8, 4) is 0 Å². The molecule has 1 aromatic carbocycles. The molecule has 0 radical (unpaired) electrons. The van der Waals surface area contributed by atoms with Crippen LogP contribution in [-0.2, 0) is 13.1 Å². The highest BCUT2D eigenvalue weighted by atomic mass is 16.4. The van der Waals surface area contributed by atoms with E-state index in [1.54, 1.807) is 17.4 Å². The van der Waals surface area contributed by atoms with E-state index in [2.05, 4.69) is 13.0 Å². The molecule has 0 aliphatic carbocycles. The summed E-state index contributed by atoms with van der Waals surface area (Å²) in [4.78, 5) is 15.0. The van der Waals surface area contributed by atoms with Gasteiger partial charge in [0.1, 0.15) is 17.1 Å². The summed E-state index contributed by atoms with van der Waals surface area (Å²) >= 11 is 0. The van der Waals surface area contributed by atoms with E-state index in [4.69, 9.17) is 13.3 Å². The fraction of sp³-hybridized carbons (Fsp3) is 0.227. The van der Waals surface area contributed by atoms with Crippen LogP contribution in [0.1, 0.15) is 38.8 Å². The smallest absolute Gasteiger partial charge is 0.290 e. The Morgan fingerprint density at radius 3 is 2.07 bits per heavy atom. The van der Waals surface area contributed by atoms with Crippen molar-refractivity contribution in [1.29, 1.82) is 0 Å². The van der Waals surface area contributed by atoms with Crippen molar-refractivity contribution in [3.63, 3.8) is 0 Å². The molecule has 5 nitrogen and oxygen atoms in total. The summed E-state index contributed by atoms with van der Waals surface area (Å²) in [5, 5.41) is 0.970. The van der Waals surface area contributed by atoms with Crippen LogP contribution in [0, 0.1) is 20.8 Å². The highest BCUT2D eigenvalue weighted by molar-refractivity contribution is 5.99. The lowest BCUT2D eigenvalue weighted by atomic mass is 10.0. The molecule has 0 N–H and O–H groups in total. The van der Waals surface area contributed by atoms with Crippen LogP contribution in [-0.4, -0.2) is 10.8 Å². The fourth-order valence-corrected chi connectivity index (χ4v) is 3.20. The molecule has 138 valence electrons. The van der Waals surface area contributed by atoms with Crippen molar-refractivity contribution in [2.75, 3.05) is 0 Å². The molecule has 0 aliphatic heterocycles. The van der Waals surface area contributed by atoms with Gasteiger partial charge in [-0.3, -0.25) is 4.79 Å². The summed E-state index contributed by atoms with van der Waals surface area (Å²) in [5.74, 6) is 1.57. The predicted octanol–water partition coefficient (Wildman–Crippen LogP) is 5.39. The monoisotopic (exact) mass is 363 g/mol. The molecule has 0 bridgehead atoms. The van der Waals surface area contributed by atoms with Crippen LogP contribution in [0.2, 0.25) is 0 Å². The maximum Gasteiger partial charge on any atom is 0.290 e. The number of nitrogens with zero attached hydrogens (tertiary/aromatic N) is 1. The topological polar surface area (TPSA) is 59.7 Å². The highest BCUT2D eigenvalue weighted by Gasteiger charge is 2.25. The lowest BCUT2D eigenvalue weighted by molar-refractivity contribution is 0.0674. The molecule has 0 aliphatic rings. The van der Waals surface area contributed by atoms with Crippen molar-refractivity contribution >= 4 is 16.9 Å². The van der Waals surface area contributed by atoms with Gasteiger partial charge in [-0.05, 0) is 68.3 Å². The zero-order valence-corrected chi connectivity index (χ0v) is 15.6. The first-order valence-corrected chi connectivity index (χ1v) is 8.87. The molecular weight excluding hydrogens is 342 g/mol. The highest BCUT2D eigenvalue weighted by Crippen LogP contribution is 2.29. The quantitative estimate of drug-likeness (QED) is 0.477. The molecule has 4 aromatic rings. The van der Waals surface area contributed by atoms with Crippen LogP contribution in [0.5, 0.6) is 0 Å². The van der Waals surface area contributed by atoms with E-state index in [1.165, 1.54) is 5.56 Å². The van der Waals surface area contributed by atoms with Crippen molar-refractivity contribution in [2.45, 2.75) is 33.9 Å². The predicted molar refractivity (Wildman–Crippen MR) is 101 cm³/mol. The van der Waals surface area contributed by atoms with Gasteiger partial charge in [0.15, 0.2) is 5.76 Å². The second-order valence-electron chi connectivity index (χ2n) is 6.81. The standard InChI is InChI=1S/C22H21NO4/c1-14-10-19-16(3)21(27-20(19)11-15(14)2)22(24)23(12-17-6-4-8-25-17)13-18-7-5-9-26-18/h4-11H,12-13H2,1-3H3. The van der Waals surface area contributed by atoms with Crippen molar-refractivity contribution < 1.29 is 18.0 Å². The number of aryl methyl sites for hydroxylation is 3. The average Bonchev–Trinajstić information content (AvgIpc) is 3.39. The molecule has 0 atom stereocenters. The Kier molecular flexibility index (Phi) is 4.36. The molecule has 27 heavy (non-hydrogen) atoms. The number of hydrogen-bond acceptors (Lipinski definition) is 4. The molecule has 0 saturated carbocycles. The van der Waals surface area contributed by atoms with Crippen LogP contribution in [0.4, 0.5) is 0 Å². The Balaban J connectivity index is 1.72. The maximum atomic E-state index is 13.3. The molecule has 4 rings (SSSR count). The SMILES string of the molecule is Cc1cc2oc(C(=O)N(Cc3ccco3)Cc3ccco3)c(C)c2cc1C. The lowest BCUT2D eigenvalue weighted by Gasteiger charge is -2.19. The van der Waals surface area contributed by atoms with Crippen LogP contribution in [0.15, 0.2) is 62.2 Å². The maximum absolute atomic E-state index is 13.3. The van der Waals surface area contributed by atoms with Crippen molar-refractivity contribution in [1.82, 2.24) is 4.90 Å². The summed E-state index contributed by atoms with van der Waals surface area (Å²) in [6.45, 7) is 6.69. The number of furan rings is 3. The zero-order chi connectivity index (χ0) is 19.0. The molecule has 5 heteroatoms. The molecule has 0 fully saturated rings. The minimum Gasteiger partial charge on any atom is -0.467 e. The minimum absolute atomic E-state index is 0.188. The molecule has 0 unspecified atom stereocenters. The van der Waals surface area contributed by atoms with Crippen molar-refractivity contribution in [3.05, 3.63) is 82.9 Å². The minimum atomic E-state index is -0.188. The zero-order valence-electron chi connectivity index (χ0n) is 15.6. The second-order valence-corrected chi connectivity index (χ2v) is 6.81. The Morgan fingerprint density at radius 2 is 1.52 bits per heavy atom. The summed E-state index contributed by atoms with van der Waals surface area (Å²) in [7, 11) is 0. The van der Waals surface area contributed by atoms with Gasteiger partial charge in [-0.25, -0.2) is 0 Å². The van der Waals surface area contributed by atoms with Gasteiger partial charge in [0, 0.05) is 10.9 Å². The van der Waals surface area contributed by atoms with E-state index >= 15 is 0 Å². The van der Waals surface area contributed by atoms with E-state index in [1.807, 2.05) is 44.2 Å². The fourth-order valence-electron chi connectivity index (χ4n) is 3.20. The molecule has 0 spiro atoms. The van der Waals surface area contributed by atoms with E-state index < -0.39 is 0 Å². The van der Waals surface area contributed by atoms with E-state index in [0.29, 0.717) is 30.4 Å². The Labute approximate surface area is 157 Å². The first-order valence-electron chi connectivity index (χ1n) is 8.87. The molecule has 1 amide bonds. The van der Waals surface area contributed by atoms with Gasteiger partial charge in [0.2, 0.25) is 0 Å². The number of carbonyl (C=O) groups is 1. The van der Waals surface area contributed by atoms with E-state index in [9.17, 15) is 4.79 Å². The number of fused-ring (bicyclic) bond motifs is 1. The number of benzene rings is 1. The molecule has 0 saturated heterocycles. The van der Waals surface area contributed by atoms with Gasteiger partial charge in [0.05, 0.1) is 25.6 Å². The lowest BCUT2D eigenvalue weighted by Crippen LogP contribution is -2.30. The van der Waals surface area contributed by atoms with Gasteiger partial charge in [0.25, 0.3) is 5.91 Å². The largest absolute Gasteiger partial charge is 0.467 e. The summed E-state index contributed by atoms with van der Waals surface area (Å²) < 4.78 is 16.8. The summed E-state index contributed by atoms with van der Waals surface area (Å²) in [6.07, 6.45) is 3.20. The van der Waals surface area contributed by atoms with Crippen molar-refractivity contribution in [2.24, 2.45) is 0 Å².